The zero-order chi connectivity index (χ0) is 14.3. The number of carbonyl (C=O) groups is 2. The van der Waals surface area contributed by atoms with Gasteiger partial charge in [0.15, 0.2) is 0 Å². The first-order chi connectivity index (χ1) is 9.08. The molecule has 1 unspecified atom stereocenters. The molecule has 0 aromatic carbocycles. The molecule has 1 fully saturated rings. The Bertz CT molecular complexity index is 303. The predicted octanol–water partition coefficient (Wildman–Crippen LogP) is 1.19. The van der Waals surface area contributed by atoms with E-state index < -0.39 is 5.97 Å². The highest BCUT2D eigenvalue weighted by Crippen LogP contribution is 2.23. The molecule has 1 aliphatic carbocycles. The maximum Gasteiger partial charge on any atom is 0.317 e. The lowest BCUT2D eigenvalue weighted by Gasteiger charge is -2.30. The lowest BCUT2D eigenvalue weighted by Crippen LogP contribution is -2.50. The Morgan fingerprint density at radius 1 is 1.37 bits per heavy atom. The molecule has 6 heteroatoms. The van der Waals surface area contributed by atoms with Crippen LogP contribution in [0.15, 0.2) is 0 Å². The van der Waals surface area contributed by atoms with Gasteiger partial charge in [0, 0.05) is 18.6 Å². The van der Waals surface area contributed by atoms with Gasteiger partial charge in [-0.2, -0.15) is 0 Å². The van der Waals surface area contributed by atoms with Crippen molar-refractivity contribution in [3.8, 4) is 0 Å². The van der Waals surface area contributed by atoms with E-state index in [4.69, 9.17) is 10.2 Å². The predicted molar refractivity (Wildman–Crippen MR) is 70.9 cm³/mol. The Hall–Kier alpha value is -1.30. The van der Waals surface area contributed by atoms with Gasteiger partial charge in [-0.15, -0.1) is 0 Å². The van der Waals surface area contributed by atoms with Crippen LogP contribution in [-0.4, -0.2) is 52.3 Å². The first-order valence-corrected chi connectivity index (χ1v) is 6.98. The molecule has 1 rings (SSSR count). The van der Waals surface area contributed by atoms with Crippen molar-refractivity contribution in [2.24, 2.45) is 0 Å². The first kappa shape index (κ1) is 15.8. The van der Waals surface area contributed by atoms with Gasteiger partial charge in [-0.1, -0.05) is 19.8 Å². The van der Waals surface area contributed by atoms with E-state index in [1.54, 1.807) is 4.90 Å². The van der Waals surface area contributed by atoms with Gasteiger partial charge in [-0.25, -0.2) is 4.79 Å². The molecule has 0 saturated heterocycles. The summed E-state index contributed by atoms with van der Waals surface area (Å²) in [7, 11) is 0. The number of aliphatic hydroxyl groups is 1. The minimum absolute atomic E-state index is 0.0696. The summed E-state index contributed by atoms with van der Waals surface area (Å²) in [5.74, 6) is -0.915. The van der Waals surface area contributed by atoms with Crippen LogP contribution in [0.3, 0.4) is 0 Å². The highest BCUT2D eigenvalue weighted by Gasteiger charge is 2.27. The highest BCUT2D eigenvalue weighted by atomic mass is 16.4. The summed E-state index contributed by atoms with van der Waals surface area (Å²) in [6, 6.07) is -0.434. The smallest absolute Gasteiger partial charge is 0.317 e. The van der Waals surface area contributed by atoms with Crippen LogP contribution in [0, 0.1) is 0 Å². The van der Waals surface area contributed by atoms with Gasteiger partial charge < -0.3 is 20.4 Å². The van der Waals surface area contributed by atoms with E-state index >= 15 is 0 Å². The summed E-state index contributed by atoms with van der Waals surface area (Å²) in [5.41, 5.74) is 0. The van der Waals surface area contributed by atoms with E-state index in [2.05, 4.69) is 5.32 Å². The Labute approximate surface area is 113 Å². The Kier molecular flexibility index (Phi) is 6.62. The minimum Gasteiger partial charge on any atom is -0.481 e. The van der Waals surface area contributed by atoms with Crippen LogP contribution >= 0.6 is 0 Å². The number of carbonyl (C=O) groups excluding carboxylic acids is 1. The maximum atomic E-state index is 12.2. The molecule has 1 aliphatic rings. The van der Waals surface area contributed by atoms with E-state index in [0.29, 0.717) is 13.0 Å². The number of nitrogens with one attached hydrogen (secondary N) is 1. The summed E-state index contributed by atoms with van der Waals surface area (Å²) in [5, 5.41) is 20.6. The number of aliphatic hydroxyl groups excluding tert-OH is 1. The molecule has 0 aromatic rings. The Morgan fingerprint density at radius 2 is 2.00 bits per heavy atom. The van der Waals surface area contributed by atoms with Crippen molar-refractivity contribution in [1.82, 2.24) is 10.2 Å². The van der Waals surface area contributed by atoms with Crippen LogP contribution in [0.25, 0.3) is 0 Å². The van der Waals surface area contributed by atoms with Crippen molar-refractivity contribution in [3.05, 3.63) is 0 Å². The minimum atomic E-state index is -0.915. The SMILES string of the molecule is CCC(CC(=O)O)NC(=O)N(CCO)C1CCCC1. The number of rotatable bonds is 7. The number of amides is 2. The molecule has 0 spiro atoms. The zero-order valence-corrected chi connectivity index (χ0v) is 11.5. The van der Waals surface area contributed by atoms with Gasteiger partial charge in [0.05, 0.1) is 13.0 Å². The van der Waals surface area contributed by atoms with E-state index in [-0.39, 0.29) is 31.1 Å². The molecule has 110 valence electrons. The number of nitrogens with zero attached hydrogens (tertiary/aromatic N) is 1. The molecule has 19 heavy (non-hydrogen) atoms. The molecule has 0 aliphatic heterocycles. The fraction of sp³-hybridized carbons (Fsp3) is 0.846. The van der Waals surface area contributed by atoms with E-state index in [0.717, 1.165) is 25.7 Å². The van der Waals surface area contributed by atoms with Crippen molar-refractivity contribution in [2.75, 3.05) is 13.2 Å². The normalized spacial score (nSPS) is 17.2. The summed E-state index contributed by atoms with van der Waals surface area (Å²) < 4.78 is 0. The maximum absolute atomic E-state index is 12.2. The van der Waals surface area contributed by atoms with Crippen molar-refractivity contribution in [3.63, 3.8) is 0 Å². The van der Waals surface area contributed by atoms with E-state index in [1.807, 2.05) is 6.92 Å². The van der Waals surface area contributed by atoms with Gasteiger partial charge in [0.1, 0.15) is 0 Å². The quantitative estimate of drug-likeness (QED) is 0.649. The molecule has 1 atom stereocenters. The van der Waals surface area contributed by atoms with Crippen LogP contribution in [0.5, 0.6) is 0 Å². The molecular formula is C13H24N2O4. The van der Waals surface area contributed by atoms with Crippen LogP contribution in [0.4, 0.5) is 4.79 Å². The first-order valence-electron chi connectivity index (χ1n) is 6.98. The molecule has 3 N–H and O–H groups in total. The van der Waals surface area contributed by atoms with E-state index in [1.165, 1.54) is 0 Å². The van der Waals surface area contributed by atoms with Crippen LogP contribution < -0.4 is 5.32 Å². The average Bonchev–Trinajstić information content (AvgIpc) is 2.87. The van der Waals surface area contributed by atoms with Gasteiger partial charge in [0.2, 0.25) is 0 Å². The van der Waals surface area contributed by atoms with Crippen molar-refractivity contribution >= 4 is 12.0 Å². The molecule has 0 aromatic heterocycles. The summed E-state index contributed by atoms with van der Waals surface area (Å²) in [6.45, 7) is 2.08. The number of hydrogen-bond donors (Lipinski definition) is 3. The second-order valence-corrected chi connectivity index (χ2v) is 5.01. The Morgan fingerprint density at radius 3 is 2.47 bits per heavy atom. The summed E-state index contributed by atoms with van der Waals surface area (Å²) in [6.07, 6.45) is 4.64. The van der Waals surface area contributed by atoms with Crippen molar-refractivity contribution < 1.29 is 19.8 Å². The molecule has 0 radical (unpaired) electrons. The molecule has 6 nitrogen and oxygen atoms in total. The number of carboxylic acids is 1. The number of aliphatic carboxylic acids is 1. The molecule has 0 heterocycles. The fourth-order valence-electron chi connectivity index (χ4n) is 2.54. The molecule has 2 amide bonds. The van der Waals surface area contributed by atoms with E-state index in [9.17, 15) is 9.59 Å². The number of carboxylic acid groups (broad SMARTS) is 1. The Balaban J connectivity index is 2.57. The third kappa shape index (κ3) is 5.06. The van der Waals surface area contributed by atoms with Crippen LogP contribution in [-0.2, 0) is 4.79 Å². The second kappa shape index (κ2) is 7.99. The molecule has 0 bridgehead atoms. The third-order valence-electron chi connectivity index (χ3n) is 3.61. The van der Waals surface area contributed by atoms with Gasteiger partial charge in [-0.05, 0) is 19.3 Å². The second-order valence-electron chi connectivity index (χ2n) is 5.01. The lowest BCUT2D eigenvalue weighted by molar-refractivity contribution is -0.137. The monoisotopic (exact) mass is 272 g/mol. The van der Waals surface area contributed by atoms with Crippen LogP contribution in [0.2, 0.25) is 0 Å². The number of hydrogen-bond acceptors (Lipinski definition) is 3. The topological polar surface area (TPSA) is 89.9 Å². The summed E-state index contributed by atoms with van der Waals surface area (Å²) in [4.78, 5) is 24.5. The average molecular weight is 272 g/mol. The highest BCUT2D eigenvalue weighted by molar-refractivity contribution is 5.76. The van der Waals surface area contributed by atoms with Gasteiger partial charge in [-0.3, -0.25) is 4.79 Å². The largest absolute Gasteiger partial charge is 0.481 e. The molecule has 1 saturated carbocycles. The summed E-state index contributed by atoms with van der Waals surface area (Å²) >= 11 is 0. The lowest BCUT2D eigenvalue weighted by atomic mass is 10.1. The standard InChI is InChI=1S/C13H24N2O4/c1-2-10(9-12(17)18)14-13(19)15(7-8-16)11-5-3-4-6-11/h10-11,16H,2-9H2,1H3,(H,14,19)(H,17,18). The number of urea groups is 1. The van der Waals surface area contributed by atoms with Gasteiger partial charge >= 0.3 is 12.0 Å². The van der Waals surface area contributed by atoms with Crippen LogP contribution in [0.1, 0.15) is 45.4 Å². The van der Waals surface area contributed by atoms with Gasteiger partial charge in [0.25, 0.3) is 0 Å². The zero-order valence-electron chi connectivity index (χ0n) is 11.5. The van der Waals surface area contributed by atoms with Crippen molar-refractivity contribution in [1.29, 1.82) is 0 Å². The van der Waals surface area contributed by atoms with Crippen molar-refractivity contribution in [2.45, 2.75) is 57.5 Å². The third-order valence-corrected chi connectivity index (χ3v) is 3.61. The molecular weight excluding hydrogens is 248 g/mol. The fourth-order valence-corrected chi connectivity index (χ4v) is 2.54.